The molecule has 1 aliphatic heterocycles. The van der Waals surface area contributed by atoms with E-state index in [2.05, 4.69) is 16.5 Å². The van der Waals surface area contributed by atoms with Gasteiger partial charge in [0.05, 0.1) is 6.20 Å². The Hall–Kier alpha value is -1.09. The molecule has 1 saturated heterocycles. The zero-order valence-electron chi connectivity index (χ0n) is 6.86. The minimum Gasteiger partial charge on any atom is -0.357 e. The van der Waals surface area contributed by atoms with E-state index < -0.39 is 0 Å². The van der Waals surface area contributed by atoms with Crippen LogP contribution < -0.4 is 5.32 Å². The molecule has 0 aromatic carbocycles. The topological polar surface area (TPSA) is 38.1 Å². The van der Waals surface area contributed by atoms with Crippen LogP contribution in [-0.4, -0.2) is 17.7 Å². The van der Waals surface area contributed by atoms with Gasteiger partial charge in [-0.25, -0.2) is 0 Å². The van der Waals surface area contributed by atoms with Crippen LogP contribution >= 0.6 is 0 Å². The molecule has 0 saturated carbocycles. The van der Waals surface area contributed by atoms with Gasteiger partial charge in [-0.3, -0.25) is 0 Å². The maximum atomic E-state index is 4.93. The van der Waals surface area contributed by atoms with Gasteiger partial charge in [-0.1, -0.05) is 11.2 Å². The van der Waals surface area contributed by atoms with E-state index in [0.29, 0.717) is 6.04 Å². The van der Waals surface area contributed by atoms with Crippen molar-refractivity contribution in [2.45, 2.75) is 18.9 Å². The van der Waals surface area contributed by atoms with E-state index in [1.54, 1.807) is 6.20 Å². The summed E-state index contributed by atoms with van der Waals surface area (Å²) in [4.78, 5) is 0. The lowest BCUT2D eigenvalue weighted by Gasteiger charge is -2.00. The summed E-state index contributed by atoms with van der Waals surface area (Å²) in [5.74, 6) is 0.823. The zero-order chi connectivity index (χ0) is 8.23. The van der Waals surface area contributed by atoms with Crippen molar-refractivity contribution >= 4 is 6.08 Å². The van der Waals surface area contributed by atoms with Crippen molar-refractivity contribution < 1.29 is 4.52 Å². The summed E-state index contributed by atoms with van der Waals surface area (Å²) in [6, 6.07) is 2.38. The molecular formula is C9H12N2O. The van der Waals surface area contributed by atoms with Gasteiger partial charge >= 0.3 is 0 Å². The molecule has 12 heavy (non-hydrogen) atoms. The lowest BCUT2D eigenvalue weighted by atomic mass is 10.2. The molecule has 1 fully saturated rings. The Morgan fingerprint density at radius 3 is 3.33 bits per heavy atom. The molecule has 2 rings (SSSR count). The Kier molecular flexibility index (Phi) is 2.23. The Morgan fingerprint density at radius 1 is 1.67 bits per heavy atom. The molecule has 1 atom stereocenters. The molecule has 3 nitrogen and oxygen atoms in total. The molecule has 1 N–H and O–H groups in total. The Labute approximate surface area is 71.4 Å². The highest BCUT2D eigenvalue weighted by Crippen LogP contribution is 2.08. The second kappa shape index (κ2) is 3.54. The van der Waals surface area contributed by atoms with Gasteiger partial charge in [-0.2, -0.15) is 0 Å². The molecule has 1 aromatic rings. The van der Waals surface area contributed by atoms with E-state index in [4.69, 9.17) is 4.52 Å². The van der Waals surface area contributed by atoms with E-state index in [0.717, 1.165) is 12.3 Å². The number of nitrogens with one attached hydrogen (secondary N) is 1. The molecule has 0 spiro atoms. The van der Waals surface area contributed by atoms with Crippen molar-refractivity contribution in [3.63, 3.8) is 0 Å². The molecule has 2 heterocycles. The first-order chi connectivity index (χ1) is 5.95. The summed E-state index contributed by atoms with van der Waals surface area (Å²) in [5.41, 5.74) is 0. The van der Waals surface area contributed by atoms with Gasteiger partial charge in [0.2, 0.25) is 0 Å². The van der Waals surface area contributed by atoms with Crippen LogP contribution in [-0.2, 0) is 0 Å². The third-order valence-corrected chi connectivity index (χ3v) is 2.05. The monoisotopic (exact) mass is 164 g/mol. The highest BCUT2D eigenvalue weighted by molar-refractivity contribution is 5.42. The minimum absolute atomic E-state index is 0.523. The third-order valence-electron chi connectivity index (χ3n) is 2.05. The van der Waals surface area contributed by atoms with Crippen molar-refractivity contribution in [2.24, 2.45) is 0 Å². The van der Waals surface area contributed by atoms with Gasteiger partial charge in [0.15, 0.2) is 5.76 Å². The zero-order valence-corrected chi connectivity index (χ0v) is 6.86. The molecule has 0 unspecified atom stereocenters. The van der Waals surface area contributed by atoms with Gasteiger partial charge < -0.3 is 9.84 Å². The Bertz CT molecular complexity index is 248. The molecule has 0 amide bonds. The molecule has 0 bridgehead atoms. The average Bonchev–Trinajstić information content (AvgIpc) is 2.74. The molecule has 1 aliphatic rings. The standard InChI is InChI=1S/C9H12N2O/c1-2-8(10-6-1)3-4-9-5-7-11-12-9/h3-5,7-8,10H,1-2,6H2/b4-3+/t8-/m0/s1. The number of hydrogen-bond donors (Lipinski definition) is 1. The predicted molar refractivity (Wildman–Crippen MR) is 46.6 cm³/mol. The van der Waals surface area contributed by atoms with E-state index in [1.165, 1.54) is 12.8 Å². The first kappa shape index (κ1) is 7.55. The number of nitrogens with zero attached hydrogens (tertiary/aromatic N) is 1. The first-order valence-corrected chi connectivity index (χ1v) is 4.27. The predicted octanol–water partition coefficient (Wildman–Crippen LogP) is 1.44. The number of aromatic nitrogens is 1. The maximum Gasteiger partial charge on any atom is 0.159 e. The van der Waals surface area contributed by atoms with Crippen molar-refractivity contribution in [3.05, 3.63) is 24.1 Å². The maximum absolute atomic E-state index is 4.93. The second-order valence-electron chi connectivity index (χ2n) is 2.98. The molecule has 64 valence electrons. The van der Waals surface area contributed by atoms with Crippen LogP contribution in [0.3, 0.4) is 0 Å². The van der Waals surface area contributed by atoms with E-state index in [9.17, 15) is 0 Å². The van der Waals surface area contributed by atoms with Gasteiger partial charge in [-0.15, -0.1) is 0 Å². The Morgan fingerprint density at radius 2 is 2.67 bits per heavy atom. The fraction of sp³-hybridized carbons (Fsp3) is 0.444. The van der Waals surface area contributed by atoms with Crippen LogP contribution in [0.2, 0.25) is 0 Å². The molecule has 3 heteroatoms. The van der Waals surface area contributed by atoms with Crippen LogP contribution in [0.25, 0.3) is 6.08 Å². The normalized spacial score (nSPS) is 23.8. The van der Waals surface area contributed by atoms with Crippen LogP contribution in [0, 0.1) is 0 Å². The molecule has 1 aromatic heterocycles. The van der Waals surface area contributed by atoms with Crippen molar-refractivity contribution in [2.75, 3.05) is 6.54 Å². The smallest absolute Gasteiger partial charge is 0.159 e. The summed E-state index contributed by atoms with van der Waals surface area (Å²) < 4.78 is 4.93. The molecular weight excluding hydrogens is 152 g/mol. The van der Waals surface area contributed by atoms with Crippen molar-refractivity contribution in [3.8, 4) is 0 Å². The van der Waals surface area contributed by atoms with E-state index >= 15 is 0 Å². The summed E-state index contributed by atoms with van der Waals surface area (Å²) in [6.45, 7) is 1.13. The van der Waals surface area contributed by atoms with E-state index in [-0.39, 0.29) is 0 Å². The highest BCUT2D eigenvalue weighted by atomic mass is 16.5. The Balaban J connectivity index is 1.93. The highest BCUT2D eigenvalue weighted by Gasteiger charge is 2.09. The lowest BCUT2D eigenvalue weighted by molar-refractivity contribution is 0.412. The summed E-state index contributed by atoms with van der Waals surface area (Å²) in [5, 5.41) is 6.99. The third kappa shape index (κ3) is 1.74. The average molecular weight is 164 g/mol. The molecule has 0 radical (unpaired) electrons. The summed E-state index contributed by atoms with van der Waals surface area (Å²) >= 11 is 0. The SMILES string of the molecule is C(=C\[C@@H]1CCCN1)/c1ccno1. The first-order valence-electron chi connectivity index (χ1n) is 4.27. The fourth-order valence-corrected chi connectivity index (χ4v) is 1.40. The lowest BCUT2D eigenvalue weighted by Crippen LogP contribution is -2.17. The van der Waals surface area contributed by atoms with Crippen molar-refractivity contribution in [1.82, 2.24) is 10.5 Å². The van der Waals surface area contributed by atoms with Crippen LogP contribution in [0.1, 0.15) is 18.6 Å². The number of hydrogen-bond acceptors (Lipinski definition) is 3. The molecule has 0 aliphatic carbocycles. The number of rotatable bonds is 2. The van der Waals surface area contributed by atoms with Crippen LogP contribution in [0.5, 0.6) is 0 Å². The van der Waals surface area contributed by atoms with Crippen molar-refractivity contribution in [1.29, 1.82) is 0 Å². The van der Waals surface area contributed by atoms with Gasteiger partial charge in [0.25, 0.3) is 0 Å². The summed E-state index contributed by atoms with van der Waals surface area (Å²) in [6.07, 6.45) is 8.25. The second-order valence-corrected chi connectivity index (χ2v) is 2.98. The van der Waals surface area contributed by atoms with Gasteiger partial charge in [0.1, 0.15) is 0 Å². The van der Waals surface area contributed by atoms with Gasteiger partial charge in [0, 0.05) is 12.1 Å². The van der Waals surface area contributed by atoms with E-state index in [1.807, 2.05) is 12.1 Å². The quantitative estimate of drug-likeness (QED) is 0.718. The van der Waals surface area contributed by atoms with Crippen LogP contribution in [0.4, 0.5) is 0 Å². The minimum atomic E-state index is 0.523. The van der Waals surface area contributed by atoms with Gasteiger partial charge in [-0.05, 0) is 25.5 Å². The fourth-order valence-electron chi connectivity index (χ4n) is 1.40. The van der Waals surface area contributed by atoms with Crippen LogP contribution in [0.15, 0.2) is 22.9 Å². The largest absolute Gasteiger partial charge is 0.357 e. The summed E-state index contributed by atoms with van der Waals surface area (Å²) in [7, 11) is 0.